The second kappa shape index (κ2) is 7.75. The Balaban J connectivity index is 1.73. The van der Waals surface area contributed by atoms with E-state index in [9.17, 15) is 13.2 Å². The molecule has 28 heavy (non-hydrogen) atoms. The lowest BCUT2D eigenvalue weighted by atomic mass is 10.0. The number of carbonyl (C=O) groups excluding carboxylic acids is 1. The summed E-state index contributed by atoms with van der Waals surface area (Å²) in [6.07, 6.45) is 0. The summed E-state index contributed by atoms with van der Waals surface area (Å²) < 4.78 is 26.8. The Labute approximate surface area is 166 Å². The lowest BCUT2D eigenvalue weighted by molar-refractivity contribution is -0.131. The molecule has 7 heteroatoms. The number of likely N-dealkylation sites (N-methyl/N-ethyl adjacent to an activating group) is 1. The summed E-state index contributed by atoms with van der Waals surface area (Å²) in [6, 6.07) is 14.1. The van der Waals surface area contributed by atoms with Crippen molar-refractivity contribution in [3.63, 3.8) is 0 Å². The van der Waals surface area contributed by atoms with Gasteiger partial charge in [0.15, 0.2) is 0 Å². The molecule has 0 bridgehead atoms. The number of nitrogens with zero attached hydrogens (tertiary/aromatic N) is 2. The summed E-state index contributed by atoms with van der Waals surface area (Å²) >= 11 is 0. The standard InChI is InChI=1S/C21H25N3O3S/c1-14(2)17-11-9-16(10-12-17)13-24(4)21(25)15(3)22-20-18-7-5-6-8-19(18)28(26,27)23-20/h5-12,14-15H,13H2,1-4H3,(H,22,23)/t15-/m0/s1. The zero-order valence-corrected chi connectivity index (χ0v) is 17.3. The van der Waals surface area contributed by atoms with Crippen LogP contribution < -0.4 is 4.72 Å². The summed E-state index contributed by atoms with van der Waals surface area (Å²) in [5, 5.41) is 0. The fourth-order valence-electron chi connectivity index (χ4n) is 3.16. The van der Waals surface area contributed by atoms with Gasteiger partial charge < -0.3 is 4.90 Å². The molecular weight excluding hydrogens is 374 g/mol. The number of amidine groups is 1. The summed E-state index contributed by atoms with van der Waals surface area (Å²) in [5.41, 5.74) is 2.78. The quantitative estimate of drug-likeness (QED) is 0.840. The van der Waals surface area contributed by atoms with Crippen LogP contribution in [-0.2, 0) is 21.4 Å². The number of hydrogen-bond donors (Lipinski definition) is 1. The Kier molecular flexibility index (Phi) is 5.56. The van der Waals surface area contributed by atoms with Crippen LogP contribution in [-0.4, -0.2) is 38.2 Å². The van der Waals surface area contributed by atoms with E-state index in [2.05, 4.69) is 35.7 Å². The van der Waals surface area contributed by atoms with Gasteiger partial charge in [-0.05, 0) is 36.1 Å². The highest BCUT2D eigenvalue weighted by molar-refractivity contribution is 7.90. The molecule has 1 atom stereocenters. The van der Waals surface area contributed by atoms with Crippen molar-refractivity contribution in [2.45, 2.75) is 44.2 Å². The maximum atomic E-state index is 12.7. The first kappa shape index (κ1) is 20.1. The molecule has 0 saturated heterocycles. The topological polar surface area (TPSA) is 78.8 Å². The molecule has 6 nitrogen and oxygen atoms in total. The van der Waals surface area contributed by atoms with Gasteiger partial charge >= 0.3 is 0 Å². The fraction of sp³-hybridized carbons (Fsp3) is 0.333. The minimum atomic E-state index is -3.61. The van der Waals surface area contributed by atoms with Crippen molar-refractivity contribution in [3.05, 3.63) is 65.2 Å². The van der Waals surface area contributed by atoms with Gasteiger partial charge in [-0.25, -0.2) is 8.42 Å². The molecule has 1 amide bonds. The average Bonchev–Trinajstić information content (AvgIpc) is 2.92. The van der Waals surface area contributed by atoms with Crippen LogP contribution in [0.25, 0.3) is 0 Å². The number of benzene rings is 2. The second-order valence-electron chi connectivity index (χ2n) is 7.35. The number of fused-ring (bicyclic) bond motifs is 1. The molecule has 0 spiro atoms. The Bertz CT molecular complexity index is 1010. The van der Waals surface area contributed by atoms with Crippen molar-refractivity contribution in [1.82, 2.24) is 9.62 Å². The van der Waals surface area contributed by atoms with E-state index in [0.29, 0.717) is 18.0 Å². The molecule has 148 valence electrons. The Morgan fingerprint density at radius 2 is 1.71 bits per heavy atom. The van der Waals surface area contributed by atoms with E-state index in [1.165, 1.54) is 11.6 Å². The highest BCUT2D eigenvalue weighted by Gasteiger charge is 2.31. The third kappa shape index (κ3) is 4.09. The van der Waals surface area contributed by atoms with E-state index in [0.717, 1.165) is 5.56 Å². The van der Waals surface area contributed by atoms with Crippen LogP contribution in [0.2, 0.25) is 0 Å². The lowest BCUT2D eigenvalue weighted by Crippen LogP contribution is -2.35. The molecule has 3 rings (SSSR count). The van der Waals surface area contributed by atoms with Crippen molar-refractivity contribution in [3.8, 4) is 0 Å². The molecule has 0 unspecified atom stereocenters. The Morgan fingerprint density at radius 3 is 2.36 bits per heavy atom. The van der Waals surface area contributed by atoms with Crippen LogP contribution in [0.15, 0.2) is 58.4 Å². The van der Waals surface area contributed by atoms with Crippen LogP contribution in [0.1, 0.15) is 43.4 Å². The number of nitrogens with one attached hydrogen (secondary N) is 1. The third-order valence-electron chi connectivity index (χ3n) is 4.79. The molecule has 1 heterocycles. The molecule has 2 aromatic rings. The average molecular weight is 400 g/mol. The van der Waals surface area contributed by atoms with Crippen LogP contribution >= 0.6 is 0 Å². The minimum absolute atomic E-state index is 0.177. The number of sulfonamides is 1. The van der Waals surface area contributed by atoms with Crippen LogP contribution in [0.5, 0.6) is 0 Å². The number of rotatable bonds is 5. The van der Waals surface area contributed by atoms with Gasteiger partial charge in [0.1, 0.15) is 11.9 Å². The number of hydrogen-bond acceptors (Lipinski definition) is 4. The van der Waals surface area contributed by atoms with E-state index >= 15 is 0 Å². The summed E-state index contributed by atoms with van der Waals surface area (Å²) in [4.78, 5) is 18.9. The van der Waals surface area contributed by atoms with E-state index in [-0.39, 0.29) is 16.6 Å². The monoisotopic (exact) mass is 399 g/mol. The molecule has 1 aliphatic rings. The minimum Gasteiger partial charge on any atom is -0.340 e. The first-order valence-corrected chi connectivity index (χ1v) is 10.7. The highest BCUT2D eigenvalue weighted by atomic mass is 32.2. The normalized spacial score (nSPS) is 17.2. The smallest absolute Gasteiger partial charge is 0.263 e. The molecule has 2 aromatic carbocycles. The number of carbonyl (C=O) groups is 1. The third-order valence-corrected chi connectivity index (χ3v) is 6.18. The first-order valence-electron chi connectivity index (χ1n) is 9.23. The number of amides is 1. The van der Waals surface area contributed by atoms with Gasteiger partial charge in [-0.1, -0.05) is 50.2 Å². The molecule has 0 fully saturated rings. The van der Waals surface area contributed by atoms with Crippen molar-refractivity contribution in [2.24, 2.45) is 4.99 Å². The molecule has 0 aromatic heterocycles. The summed E-state index contributed by atoms with van der Waals surface area (Å²) in [7, 11) is -1.89. The fourth-order valence-corrected chi connectivity index (χ4v) is 4.40. The van der Waals surface area contributed by atoms with E-state index in [4.69, 9.17) is 0 Å². The largest absolute Gasteiger partial charge is 0.340 e. The van der Waals surface area contributed by atoms with Crippen molar-refractivity contribution in [2.75, 3.05) is 7.05 Å². The highest BCUT2D eigenvalue weighted by Crippen LogP contribution is 2.23. The Morgan fingerprint density at radius 1 is 1.07 bits per heavy atom. The predicted molar refractivity (Wildman–Crippen MR) is 110 cm³/mol. The molecular formula is C21H25N3O3S. The van der Waals surface area contributed by atoms with Crippen LogP contribution in [0.3, 0.4) is 0 Å². The lowest BCUT2D eigenvalue weighted by Gasteiger charge is -2.20. The zero-order chi connectivity index (χ0) is 20.5. The Hall–Kier alpha value is -2.67. The molecule has 0 saturated carbocycles. The number of aliphatic imine (C=N–C) groups is 1. The van der Waals surface area contributed by atoms with E-state index < -0.39 is 16.1 Å². The molecule has 0 radical (unpaired) electrons. The van der Waals surface area contributed by atoms with Crippen molar-refractivity contribution in [1.29, 1.82) is 0 Å². The summed E-state index contributed by atoms with van der Waals surface area (Å²) in [6.45, 7) is 6.42. The van der Waals surface area contributed by atoms with E-state index in [1.54, 1.807) is 37.1 Å². The van der Waals surface area contributed by atoms with Crippen LogP contribution in [0, 0.1) is 0 Å². The van der Waals surface area contributed by atoms with Gasteiger partial charge in [-0.3, -0.25) is 14.5 Å². The van der Waals surface area contributed by atoms with Gasteiger partial charge in [-0.2, -0.15) is 0 Å². The van der Waals surface area contributed by atoms with Crippen LogP contribution in [0.4, 0.5) is 0 Å². The van der Waals surface area contributed by atoms with Gasteiger partial charge in [0.25, 0.3) is 10.0 Å². The van der Waals surface area contributed by atoms with Crippen molar-refractivity contribution < 1.29 is 13.2 Å². The zero-order valence-electron chi connectivity index (χ0n) is 16.5. The van der Waals surface area contributed by atoms with Gasteiger partial charge in [0, 0.05) is 19.2 Å². The predicted octanol–water partition coefficient (Wildman–Crippen LogP) is 2.90. The summed E-state index contributed by atoms with van der Waals surface area (Å²) in [5.74, 6) is 0.498. The molecule has 0 aliphatic carbocycles. The molecule has 1 N–H and O–H groups in total. The second-order valence-corrected chi connectivity index (χ2v) is 9.00. The molecule has 1 aliphatic heterocycles. The first-order chi connectivity index (χ1) is 13.2. The van der Waals surface area contributed by atoms with Gasteiger partial charge in [0.05, 0.1) is 4.90 Å². The van der Waals surface area contributed by atoms with Gasteiger partial charge in [0.2, 0.25) is 5.91 Å². The van der Waals surface area contributed by atoms with E-state index in [1.807, 2.05) is 12.1 Å². The van der Waals surface area contributed by atoms with Crippen molar-refractivity contribution >= 4 is 21.8 Å². The van der Waals surface area contributed by atoms with Gasteiger partial charge in [-0.15, -0.1) is 0 Å². The maximum absolute atomic E-state index is 12.7. The maximum Gasteiger partial charge on any atom is 0.263 e. The SMILES string of the molecule is CC(C)c1ccc(CN(C)C(=O)[C@H](C)N=C2NS(=O)(=O)c3ccccc32)cc1.